The summed E-state index contributed by atoms with van der Waals surface area (Å²) in [6.45, 7) is 8.06. The Hall–Kier alpha value is -2.50. The van der Waals surface area contributed by atoms with Crippen LogP contribution in [0.15, 0.2) is 58.8 Å². The molecule has 1 aromatic carbocycles. The van der Waals surface area contributed by atoms with Crippen LogP contribution in [0.25, 0.3) is 0 Å². The summed E-state index contributed by atoms with van der Waals surface area (Å²) in [5.41, 5.74) is 0.724. The first kappa shape index (κ1) is 22.8. The summed E-state index contributed by atoms with van der Waals surface area (Å²) in [5.74, 6) is 1.61. The average Bonchev–Trinajstić information content (AvgIpc) is 2.70. The number of hydrogen-bond donors (Lipinski definition) is 1. The van der Waals surface area contributed by atoms with Gasteiger partial charge in [0.1, 0.15) is 18.1 Å². The van der Waals surface area contributed by atoms with Gasteiger partial charge >= 0.3 is 0 Å². The van der Waals surface area contributed by atoms with Crippen molar-refractivity contribution in [3.05, 3.63) is 81.9 Å². The molecule has 0 radical (unpaired) electrons. The highest BCUT2D eigenvalue weighted by atomic mass is 35.5. The largest absolute Gasteiger partial charge is 0.493 e. The number of allylic oxidation sites excluding steroid dienone is 2. The van der Waals surface area contributed by atoms with Gasteiger partial charge in [0.05, 0.1) is 13.2 Å². The lowest BCUT2D eigenvalue weighted by molar-refractivity contribution is 0.229. The first-order valence-electron chi connectivity index (χ1n) is 9.61. The lowest BCUT2D eigenvalue weighted by Crippen LogP contribution is -2.12. The number of rotatable bonds is 13. The second-order valence-electron chi connectivity index (χ2n) is 6.48. The van der Waals surface area contributed by atoms with Crippen LogP contribution >= 0.6 is 11.6 Å². The Morgan fingerprint density at radius 3 is 2.45 bits per heavy atom. The Morgan fingerprint density at radius 2 is 1.76 bits per heavy atom. The van der Waals surface area contributed by atoms with Gasteiger partial charge in [0.2, 0.25) is 11.2 Å². The van der Waals surface area contributed by atoms with Gasteiger partial charge in [-0.05, 0) is 49.4 Å². The lowest BCUT2D eigenvalue weighted by atomic mass is 10.1. The van der Waals surface area contributed by atoms with E-state index < -0.39 is 0 Å². The minimum atomic E-state index is -0.332. The maximum absolute atomic E-state index is 12.2. The van der Waals surface area contributed by atoms with E-state index in [1.54, 1.807) is 6.08 Å². The van der Waals surface area contributed by atoms with Crippen molar-refractivity contribution in [2.24, 2.45) is 0 Å². The van der Waals surface area contributed by atoms with E-state index in [2.05, 4.69) is 13.2 Å². The standard InChI is InChI=1S/C23H27ClO5/c1-3-8-17-14-18(24)10-11-21(17)27-12-6-5-7-13-28-23-20(26)15-19(16-25)29-22(23)9-4-2/h3-4,10-11,14-15,25H,1-2,5-9,12-13,16H2. The van der Waals surface area contributed by atoms with E-state index in [1.165, 1.54) is 6.07 Å². The number of ether oxygens (including phenoxy) is 2. The minimum absolute atomic E-state index is 0.189. The summed E-state index contributed by atoms with van der Waals surface area (Å²) in [6.07, 6.45) is 7.03. The molecule has 5 nitrogen and oxygen atoms in total. The van der Waals surface area contributed by atoms with Crippen molar-refractivity contribution in [2.45, 2.75) is 38.7 Å². The summed E-state index contributed by atoms with van der Waals surface area (Å²) in [5, 5.41) is 9.84. The maximum atomic E-state index is 12.2. The first-order valence-corrected chi connectivity index (χ1v) is 9.99. The Balaban J connectivity index is 1.78. The Morgan fingerprint density at radius 1 is 1.03 bits per heavy atom. The zero-order valence-corrected chi connectivity index (χ0v) is 17.2. The van der Waals surface area contributed by atoms with Gasteiger partial charge in [-0.3, -0.25) is 4.79 Å². The van der Waals surface area contributed by atoms with Gasteiger partial charge in [-0.15, -0.1) is 13.2 Å². The van der Waals surface area contributed by atoms with E-state index >= 15 is 0 Å². The molecule has 0 aliphatic heterocycles. The fourth-order valence-electron chi connectivity index (χ4n) is 2.82. The number of hydrogen-bond acceptors (Lipinski definition) is 5. The number of halogens is 1. The summed E-state index contributed by atoms with van der Waals surface area (Å²) in [6, 6.07) is 6.83. The number of aliphatic hydroxyl groups excluding tert-OH is 1. The number of benzene rings is 1. The zero-order valence-electron chi connectivity index (χ0n) is 16.5. The van der Waals surface area contributed by atoms with Crippen molar-refractivity contribution in [1.82, 2.24) is 0 Å². The molecule has 0 amide bonds. The summed E-state index contributed by atoms with van der Waals surface area (Å²) in [4.78, 5) is 12.2. The Labute approximate surface area is 176 Å². The van der Waals surface area contributed by atoms with Gasteiger partial charge in [0, 0.05) is 17.5 Å². The molecule has 0 aliphatic carbocycles. The monoisotopic (exact) mass is 418 g/mol. The molecule has 1 aromatic heterocycles. The molecule has 0 bridgehead atoms. The van der Waals surface area contributed by atoms with Crippen LogP contribution < -0.4 is 14.9 Å². The highest BCUT2D eigenvalue weighted by Crippen LogP contribution is 2.24. The Kier molecular flexibility index (Phi) is 9.54. The van der Waals surface area contributed by atoms with Crippen molar-refractivity contribution in [3.8, 4) is 11.5 Å². The molecule has 1 N–H and O–H groups in total. The molecule has 1 heterocycles. The molecule has 156 valence electrons. The molecule has 0 unspecified atom stereocenters. The molecule has 6 heteroatoms. The Bertz CT molecular complexity index is 872. The smallest absolute Gasteiger partial charge is 0.227 e. The number of unbranched alkanes of at least 4 members (excludes halogenated alkanes) is 2. The highest BCUT2D eigenvalue weighted by molar-refractivity contribution is 6.30. The first-order chi connectivity index (χ1) is 14.1. The van der Waals surface area contributed by atoms with Gasteiger partial charge in [-0.25, -0.2) is 0 Å². The van der Waals surface area contributed by atoms with Crippen molar-refractivity contribution in [1.29, 1.82) is 0 Å². The molecular weight excluding hydrogens is 392 g/mol. The van der Waals surface area contributed by atoms with Gasteiger partial charge in [-0.2, -0.15) is 0 Å². The third-order valence-electron chi connectivity index (χ3n) is 4.19. The molecule has 0 spiro atoms. The van der Waals surface area contributed by atoms with Gasteiger partial charge < -0.3 is 19.0 Å². The van der Waals surface area contributed by atoms with Gasteiger partial charge in [0.15, 0.2) is 5.76 Å². The van der Waals surface area contributed by atoms with E-state index in [0.29, 0.717) is 36.8 Å². The van der Waals surface area contributed by atoms with Crippen LogP contribution in [0.1, 0.15) is 36.3 Å². The lowest BCUT2D eigenvalue weighted by Gasteiger charge is -2.12. The van der Waals surface area contributed by atoms with E-state index in [0.717, 1.165) is 30.6 Å². The topological polar surface area (TPSA) is 68.9 Å². The van der Waals surface area contributed by atoms with Crippen molar-refractivity contribution in [3.63, 3.8) is 0 Å². The third-order valence-corrected chi connectivity index (χ3v) is 4.42. The van der Waals surface area contributed by atoms with Crippen LogP contribution in [0.4, 0.5) is 0 Å². The highest BCUT2D eigenvalue weighted by Gasteiger charge is 2.12. The molecule has 0 fully saturated rings. The van der Waals surface area contributed by atoms with Crippen molar-refractivity contribution < 1.29 is 19.0 Å². The fraction of sp³-hybridized carbons (Fsp3) is 0.348. The maximum Gasteiger partial charge on any atom is 0.227 e. The van der Waals surface area contributed by atoms with E-state index in [-0.39, 0.29) is 23.5 Å². The molecule has 0 aliphatic rings. The minimum Gasteiger partial charge on any atom is -0.493 e. The molecule has 0 saturated carbocycles. The molecule has 2 aromatic rings. The molecule has 0 atom stereocenters. The normalized spacial score (nSPS) is 10.6. The van der Waals surface area contributed by atoms with Crippen LogP contribution in [-0.2, 0) is 19.4 Å². The quantitative estimate of drug-likeness (QED) is 0.371. The van der Waals surface area contributed by atoms with Gasteiger partial charge in [-0.1, -0.05) is 23.8 Å². The SMILES string of the molecule is C=CCc1cc(Cl)ccc1OCCCCCOc1c(CC=C)oc(CO)cc1=O. The van der Waals surface area contributed by atoms with E-state index in [1.807, 2.05) is 24.3 Å². The summed E-state index contributed by atoms with van der Waals surface area (Å²) in [7, 11) is 0. The van der Waals surface area contributed by atoms with Crippen LogP contribution in [-0.4, -0.2) is 18.3 Å². The second kappa shape index (κ2) is 12.1. The van der Waals surface area contributed by atoms with Crippen LogP contribution in [0, 0.1) is 0 Å². The summed E-state index contributed by atoms with van der Waals surface area (Å²) >= 11 is 6.03. The third kappa shape index (κ3) is 7.11. The van der Waals surface area contributed by atoms with E-state index in [4.69, 9.17) is 30.6 Å². The summed E-state index contributed by atoms with van der Waals surface area (Å²) < 4.78 is 17.0. The predicted molar refractivity (Wildman–Crippen MR) is 115 cm³/mol. The average molecular weight is 419 g/mol. The predicted octanol–water partition coefficient (Wildman–Crippen LogP) is 4.87. The van der Waals surface area contributed by atoms with Gasteiger partial charge in [0.25, 0.3) is 0 Å². The molecule has 0 saturated heterocycles. The van der Waals surface area contributed by atoms with Crippen LogP contribution in [0.5, 0.6) is 11.5 Å². The molecule has 29 heavy (non-hydrogen) atoms. The van der Waals surface area contributed by atoms with Crippen molar-refractivity contribution >= 4 is 11.6 Å². The van der Waals surface area contributed by atoms with Crippen molar-refractivity contribution in [2.75, 3.05) is 13.2 Å². The van der Waals surface area contributed by atoms with E-state index in [9.17, 15) is 4.79 Å². The van der Waals surface area contributed by atoms with Crippen LogP contribution in [0.3, 0.4) is 0 Å². The fourth-order valence-corrected chi connectivity index (χ4v) is 3.01. The van der Waals surface area contributed by atoms with Crippen LogP contribution in [0.2, 0.25) is 5.02 Å². The number of aliphatic hydroxyl groups is 1. The molecule has 2 rings (SSSR count). The zero-order chi connectivity index (χ0) is 21.1. The second-order valence-corrected chi connectivity index (χ2v) is 6.92. The molecular formula is C23H27ClO5.